The van der Waals surface area contributed by atoms with E-state index in [1.165, 1.54) is 29.2 Å². The highest BCUT2D eigenvalue weighted by Crippen LogP contribution is 2.30. The minimum atomic E-state index is -1.45. The lowest BCUT2D eigenvalue weighted by Crippen LogP contribution is -2.33. The molecule has 0 saturated carbocycles. The Morgan fingerprint density at radius 2 is 1.91 bits per heavy atom. The first kappa shape index (κ1) is 28.6. The van der Waals surface area contributed by atoms with Crippen molar-refractivity contribution in [2.45, 2.75) is 84.8 Å². The van der Waals surface area contributed by atoms with Crippen molar-refractivity contribution in [2.75, 3.05) is 20.2 Å². The van der Waals surface area contributed by atoms with Gasteiger partial charge in [-0.25, -0.2) is 4.79 Å². The highest BCUT2D eigenvalue weighted by atomic mass is 16.7. The molecule has 1 amide bonds. The first-order chi connectivity index (χ1) is 16.5. The van der Waals surface area contributed by atoms with Crippen molar-refractivity contribution in [3.63, 3.8) is 0 Å². The van der Waals surface area contributed by atoms with Gasteiger partial charge < -0.3 is 19.5 Å². The molecule has 7 heteroatoms. The number of carbonyl (C=O) groups is 3. The zero-order chi connectivity index (χ0) is 26.0. The number of cyclic esters (lactones) is 1. The molecule has 0 spiro atoms. The molecule has 0 radical (unpaired) electrons. The lowest BCUT2D eigenvalue weighted by atomic mass is 9.94. The second-order valence-corrected chi connectivity index (χ2v) is 9.93. The van der Waals surface area contributed by atoms with E-state index >= 15 is 0 Å². The zero-order valence-electron chi connectivity index (χ0n) is 21.9. The maximum atomic E-state index is 12.3. The lowest BCUT2D eigenvalue weighted by Gasteiger charge is -2.23. The molecule has 0 aromatic rings. The van der Waals surface area contributed by atoms with Gasteiger partial charge in [0, 0.05) is 24.1 Å². The lowest BCUT2D eigenvalue weighted by molar-refractivity contribution is -0.183. The van der Waals surface area contributed by atoms with Gasteiger partial charge in [0.2, 0.25) is 11.7 Å². The molecular formula is C28H41NO6. The summed E-state index contributed by atoms with van der Waals surface area (Å²) in [7, 11) is 1.32. The van der Waals surface area contributed by atoms with Gasteiger partial charge in [0.05, 0.1) is 7.11 Å². The Kier molecular flexibility index (Phi) is 11.0. The van der Waals surface area contributed by atoms with Crippen LogP contribution in [0.1, 0.15) is 79.1 Å². The van der Waals surface area contributed by atoms with Gasteiger partial charge in [0.25, 0.3) is 0 Å². The van der Waals surface area contributed by atoms with Crippen molar-refractivity contribution < 1.29 is 29.0 Å². The summed E-state index contributed by atoms with van der Waals surface area (Å²) < 4.78 is 9.72. The number of amides is 1. The second-order valence-electron chi connectivity index (χ2n) is 9.93. The molecule has 2 unspecified atom stereocenters. The summed E-state index contributed by atoms with van der Waals surface area (Å²) in [5.41, 5.74) is 3.91. The van der Waals surface area contributed by atoms with Crippen LogP contribution in [0.25, 0.3) is 0 Å². The van der Waals surface area contributed by atoms with Crippen molar-refractivity contribution in [1.82, 2.24) is 4.90 Å². The SMILES string of the molecule is COC(=O)CN1CC=C(CCC=C(C)CCC=C(C)CCCC(C)CC2(O)C=C(C)C(=O)O2)C1=O. The molecule has 1 N–H and O–H groups in total. The largest absolute Gasteiger partial charge is 0.468 e. The third-order valence-electron chi connectivity index (χ3n) is 6.55. The van der Waals surface area contributed by atoms with Gasteiger partial charge in [-0.15, -0.1) is 0 Å². The number of hydrogen-bond acceptors (Lipinski definition) is 6. The van der Waals surface area contributed by atoms with E-state index in [-0.39, 0.29) is 18.4 Å². The molecule has 0 bridgehead atoms. The maximum Gasteiger partial charge on any atom is 0.336 e. The summed E-state index contributed by atoms with van der Waals surface area (Å²) in [6.07, 6.45) is 14.8. The Labute approximate surface area is 209 Å². The highest BCUT2D eigenvalue weighted by molar-refractivity contribution is 5.97. The molecule has 2 rings (SSSR count). The number of esters is 2. The number of aliphatic hydroxyl groups is 1. The molecule has 0 aliphatic carbocycles. The summed E-state index contributed by atoms with van der Waals surface area (Å²) in [6.45, 7) is 8.48. The van der Waals surface area contributed by atoms with Gasteiger partial charge in [-0.3, -0.25) is 9.59 Å². The highest BCUT2D eigenvalue weighted by Gasteiger charge is 2.37. The van der Waals surface area contributed by atoms with E-state index in [4.69, 9.17) is 4.74 Å². The van der Waals surface area contributed by atoms with Crippen molar-refractivity contribution in [3.8, 4) is 0 Å². The topological polar surface area (TPSA) is 93.1 Å². The van der Waals surface area contributed by atoms with Crippen molar-refractivity contribution in [3.05, 3.63) is 46.6 Å². The molecule has 2 aliphatic rings. The Morgan fingerprint density at radius 3 is 2.57 bits per heavy atom. The summed E-state index contributed by atoms with van der Waals surface area (Å²) in [5.74, 6) is -2.10. The van der Waals surface area contributed by atoms with Crippen LogP contribution < -0.4 is 0 Å². The maximum absolute atomic E-state index is 12.3. The van der Waals surface area contributed by atoms with E-state index in [9.17, 15) is 19.5 Å². The Hall–Kier alpha value is -2.67. The third kappa shape index (κ3) is 9.48. The summed E-state index contributed by atoms with van der Waals surface area (Å²) in [5, 5.41) is 10.4. The van der Waals surface area contributed by atoms with Crippen molar-refractivity contribution >= 4 is 17.8 Å². The van der Waals surface area contributed by atoms with Gasteiger partial charge in [-0.1, -0.05) is 42.7 Å². The minimum absolute atomic E-state index is 0.00345. The number of allylic oxidation sites excluding steroid dienone is 4. The van der Waals surface area contributed by atoms with Crippen molar-refractivity contribution in [1.29, 1.82) is 0 Å². The van der Waals surface area contributed by atoms with E-state index in [1.807, 2.05) is 6.08 Å². The van der Waals surface area contributed by atoms with Crippen LogP contribution in [0.3, 0.4) is 0 Å². The van der Waals surface area contributed by atoms with E-state index < -0.39 is 17.7 Å². The van der Waals surface area contributed by atoms with Gasteiger partial charge in [0.15, 0.2) is 0 Å². The first-order valence-electron chi connectivity index (χ1n) is 12.5. The van der Waals surface area contributed by atoms with Gasteiger partial charge in [0.1, 0.15) is 6.54 Å². The van der Waals surface area contributed by atoms with E-state index in [2.05, 4.69) is 37.7 Å². The quantitative estimate of drug-likeness (QED) is 0.280. The predicted molar refractivity (Wildman–Crippen MR) is 135 cm³/mol. The molecule has 35 heavy (non-hydrogen) atoms. The monoisotopic (exact) mass is 487 g/mol. The number of rotatable bonds is 14. The van der Waals surface area contributed by atoms with Crippen LogP contribution in [-0.4, -0.2) is 53.8 Å². The molecule has 0 saturated heterocycles. The van der Waals surface area contributed by atoms with Crippen LogP contribution in [0.2, 0.25) is 0 Å². The number of nitrogens with zero attached hydrogens (tertiary/aromatic N) is 1. The van der Waals surface area contributed by atoms with Gasteiger partial charge in [-0.05, 0) is 71.3 Å². The standard InChI is InChI=1S/C28H41NO6/c1-20(11-7-13-22(3)17-28(33)18-23(4)27(32)35-28)9-6-10-21(2)12-8-14-24-15-16-29(26(24)31)19-25(30)34-5/h9,12,15,18,22,33H,6-8,10-11,13-14,16-17,19H2,1-5H3. The average molecular weight is 488 g/mol. The number of carbonyl (C=O) groups excluding carboxylic acids is 3. The molecule has 194 valence electrons. The third-order valence-corrected chi connectivity index (χ3v) is 6.55. The second kappa shape index (κ2) is 13.4. The fourth-order valence-corrected chi connectivity index (χ4v) is 4.48. The average Bonchev–Trinajstić information content (AvgIpc) is 3.25. The number of methoxy groups -OCH3 is 1. The van der Waals surface area contributed by atoms with E-state index in [1.54, 1.807) is 6.92 Å². The predicted octanol–water partition coefficient (Wildman–Crippen LogP) is 4.77. The minimum Gasteiger partial charge on any atom is -0.468 e. The Balaban J connectivity index is 1.61. The number of ether oxygens (including phenoxy) is 2. The van der Waals surface area contributed by atoms with E-state index in [0.29, 0.717) is 25.0 Å². The summed E-state index contributed by atoms with van der Waals surface area (Å²) in [4.78, 5) is 36.7. The molecular weight excluding hydrogens is 446 g/mol. The van der Waals surface area contributed by atoms with Gasteiger partial charge in [-0.2, -0.15) is 0 Å². The summed E-state index contributed by atoms with van der Waals surface area (Å²) in [6, 6.07) is 0. The zero-order valence-corrected chi connectivity index (χ0v) is 21.9. The number of hydrogen-bond donors (Lipinski definition) is 1. The molecule has 0 aromatic heterocycles. The van der Waals surface area contributed by atoms with Gasteiger partial charge >= 0.3 is 11.9 Å². The Morgan fingerprint density at radius 1 is 1.23 bits per heavy atom. The molecule has 0 fully saturated rings. The smallest absolute Gasteiger partial charge is 0.336 e. The van der Waals surface area contributed by atoms with Crippen LogP contribution in [0.4, 0.5) is 0 Å². The van der Waals surface area contributed by atoms with E-state index in [0.717, 1.165) is 44.1 Å². The first-order valence-corrected chi connectivity index (χ1v) is 12.5. The molecule has 2 aliphatic heterocycles. The van der Waals surface area contributed by atoms with Crippen LogP contribution in [0.15, 0.2) is 46.6 Å². The fraction of sp³-hybridized carbons (Fsp3) is 0.607. The normalized spacial score (nSPS) is 21.7. The Bertz CT molecular complexity index is 912. The van der Waals surface area contributed by atoms with Crippen LogP contribution in [-0.2, 0) is 23.9 Å². The summed E-state index contributed by atoms with van der Waals surface area (Å²) >= 11 is 0. The van der Waals surface area contributed by atoms with Crippen LogP contribution in [0, 0.1) is 5.92 Å². The van der Waals surface area contributed by atoms with Crippen LogP contribution in [0.5, 0.6) is 0 Å². The van der Waals surface area contributed by atoms with Crippen LogP contribution >= 0.6 is 0 Å². The van der Waals surface area contributed by atoms with Crippen molar-refractivity contribution in [2.24, 2.45) is 5.92 Å². The molecule has 7 nitrogen and oxygen atoms in total. The molecule has 2 heterocycles. The molecule has 0 aromatic carbocycles. The fourth-order valence-electron chi connectivity index (χ4n) is 4.48. The molecule has 2 atom stereocenters.